The molecule has 0 unspecified atom stereocenters. The standard InChI is InChI=1S/C9H13NO2S2/c1-6(2)8-10-9-7(13-8)4-3-5-14(9,11)12/h6H,3-5H2,1-2H3. The van der Waals surface area contributed by atoms with Crippen molar-refractivity contribution in [2.24, 2.45) is 0 Å². The van der Waals surface area contributed by atoms with Crippen LogP contribution < -0.4 is 0 Å². The Morgan fingerprint density at radius 2 is 2.14 bits per heavy atom. The normalized spacial score (nSPS) is 19.6. The van der Waals surface area contributed by atoms with Crippen LogP contribution in [0, 0.1) is 0 Å². The summed E-state index contributed by atoms with van der Waals surface area (Å²) in [6, 6.07) is 0. The highest BCUT2D eigenvalue weighted by Crippen LogP contribution is 2.32. The van der Waals surface area contributed by atoms with Gasteiger partial charge in [0.2, 0.25) is 0 Å². The Morgan fingerprint density at radius 3 is 2.71 bits per heavy atom. The molecule has 1 aromatic rings. The zero-order valence-corrected chi connectivity index (χ0v) is 9.91. The Bertz CT molecular complexity index is 445. The number of fused-ring (bicyclic) bond motifs is 1. The lowest BCUT2D eigenvalue weighted by atomic mass is 10.2. The molecular weight excluding hydrogens is 218 g/mol. The Morgan fingerprint density at radius 1 is 1.43 bits per heavy atom. The van der Waals surface area contributed by atoms with Gasteiger partial charge in [-0.05, 0) is 12.8 Å². The van der Waals surface area contributed by atoms with Crippen molar-refractivity contribution in [2.75, 3.05) is 5.75 Å². The quantitative estimate of drug-likeness (QED) is 0.742. The molecule has 0 aliphatic carbocycles. The Kier molecular flexibility index (Phi) is 2.39. The Hall–Kier alpha value is -0.420. The minimum Gasteiger partial charge on any atom is -0.229 e. The first kappa shape index (κ1) is 10.1. The van der Waals surface area contributed by atoms with E-state index in [1.165, 1.54) is 0 Å². The smallest absolute Gasteiger partial charge is 0.196 e. The van der Waals surface area contributed by atoms with E-state index in [2.05, 4.69) is 4.98 Å². The third-order valence-electron chi connectivity index (χ3n) is 2.28. The first-order valence-electron chi connectivity index (χ1n) is 4.73. The fraction of sp³-hybridized carbons (Fsp3) is 0.667. The van der Waals surface area contributed by atoms with Gasteiger partial charge >= 0.3 is 0 Å². The van der Waals surface area contributed by atoms with Gasteiger partial charge in [-0.25, -0.2) is 13.4 Å². The second-order valence-corrected chi connectivity index (χ2v) is 7.00. The number of rotatable bonds is 1. The molecule has 0 spiro atoms. The van der Waals surface area contributed by atoms with Crippen molar-refractivity contribution >= 4 is 21.2 Å². The molecule has 0 aromatic carbocycles. The summed E-state index contributed by atoms with van der Waals surface area (Å²) in [5.41, 5.74) is 0. The average Bonchev–Trinajstić information content (AvgIpc) is 2.48. The molecule has 1 aliphatic heterocycles. The molecule has 1 aliphatic rings. The van der Waals surface area contributed by atoms with Crippen LogP contribution in [-0.2, 0) is 16.3 Å². The summed E-state index contributed by atoms with van der Waals surface area (Å²) in [7, 11) is -3.06. The first-order chi connectivity index (χ1) is 6.50. The first-order valence-corrected chi connectivity index (χ1v) is 7.20. The van der Waals surface area contributed by atoms with Crippen molar-refractivity contribution in [1.29, 1.82) is 0 Å². The molecule has 78 valence electrons. The molecule has 5 heteroatoms. The van der Waals surface area contributed by atoms with Crippen LogP contribution in [-0.4, -0.2) is 19.2 Å². The summed E-state index contributed by atoms with van der Waals surface area (Å²) in [5, 5.41) is 1.30. The molecular formula is C9H13NO2S2. The SMILES string of the molecule is CC(C)c1nc2c(s1)CCCS2(=O)=O. The van der Waals surface area contributed by atoms with E-state index >= 15 is 0 Å². The van der Waals surface area contributed by atoms with E-state index in [0.29, 0.717) is 10.9 Å². The molecule has 3 nitrogen and oxygen atoms in total. The third kappa shape index (κ3) is 1.59. The van der Waals surface area contributed by atoms with Gasteiger partial charge in [0.15, 0.2) is 14.9 Å². The van der Waals surface area contributed by atoms with Crippen molar-refractivity contribution < 1.29 is 8.42 Å². The summed E-state index contributed by atoms with van der Waals surface area (Å²) in [4.78, 5) is 5.19. The topological polar surface area (TPSA) is 47.0 Å². The van der Waals surface area contributed by atoms with Crippen LogP contribution in [0.5, 0.6) is 0 Å². The van der Waals surface area contributed by atoms with Crippen LogP contribution in [0.25, 0.3) is 0 Å². The number of aromatic nitrogens is 1. The predicted octanol–water partition coefficient (Wildman–Crippen LogP) is 1.99. The van der Waals surface area contributed by atoms with Gasteiger partial charge in [0.05, 0.1) is 10.8 Å². The zero-order valence-electron chi connectivity index (χ0n) is 8.28. The highest BCUT2D eigenvalue weighted by molar-refractivity contribution is 7.91. The zero-order chi connectivity index (χ0) is 10.3. The van der Waals surface area contributed by atoms with E-state index in [9.17, 15) is 8.42 Å². The van der Waals surface area contributed by atoms with Crippen molar-refractivity contribution in [3.05, 3.63) is 9.88 Å². The maximum atomic E-state index is 11.7. The average molecular weight is 231 g/mol. The van der Waals surface area contributed by atoms with Crippen molar-refractivity contribution in [2.45, 2.75) is 37.6 Å². The molecule has 0 saturated carbocycles. The summed E-state index contributed by atoms with van der Waals surface area (Å²) >= 11 is 1.56. The molecule has 0 N–H and O–H groups in total. The summed E-state index contributed by atoms with van der Waals surface area (Å²) < 4.78 is 23.3. The maximum Gasteiger partial charge on any atom is 0.196 e. The van der Waals surface area contributed by atoms with Gasteiger partial charge in [-0.1, -0.05) is 13.8 Å². The second kappa shape index (κ2) is 3.31. The lowest BCUT2D eigenvalue weighted by Gasteiger charge is -2.08. The van der Waals surface area contributed by atoms with E-state index < -0.39 is 9.84 Å². The Labute approximate surface area is 88.1 Å². The van der Waals surface area contributed by atoms with Crippen molar-refractivity contribution in [3.8, 4) is 0 Å². The molecule has 0 saturated heterocycles. The number of sulfone groups is 1. The number of aryl methyl sites for hydroxylation is 1. The molecule has 0 fully saturated rings. The summed E-state index contributed by atoms with van der Waals surface area (Å²) in [6.07, 6.45) is 1.62. The fourth-order valence-corrected chi connectivity index (χ4v) is 4.49. The van der Waals surface area contributed by atoms with Gasteiger partial charge < -0.3 is 0 Å². The molecule has 0 atom stereocenters. The largest absolute Gasteiger partial charge is 0.229 e. The fourth-order valence-electron chi connectivity index (χ4n) is 1.52. The molecule has 1 aromatic heterocycles. The van der Waals surface area contributed by atoms with E-state index in [-0.39, 0.29) is 5.75 Å². The van der Waals surface area contributed by atoms with Crippen molar-refractivity contribution in [3.63, 3.8) is 0 Å². The number of nitrogens with zero attached hydrogens (tertiary/aromatic N) is 1. The second-order valence-electron chi connectivity index (χ2n) is 3.86. The Balaban J connectivity index is 2.55. The van der Waals surface area contributed by atoms with Gasteiger partial charge in [0.25, 0.3) is 0 Å². The summed E-state index contributed by atoms with van der Waals surface area (Å²) in [6.45, 7) is 4.08. The molecule has 2 heterocycles. The monoisotopic (exact) mass is 231 g/mol. The van der Waals surface area contributed by atoms with Crippen LogP contribution in [0.2, 0.25) is 0 Å². The molecule has 0 radical (unpaired) electrons. The number of hydrogen-bond donors (Lipinski definition) is 0. The number of thiazole rings is 1. The van der Waals surface area contributed by atoms with Crippen molar-refractivity contribution in [1.82, 2.24) is 4.98 Å². The highest BCUT2D eigenvalue weighted by atomic mass is 32.2. The predicted molar refractivity (Wildman–Crippen MR) is 56.6 cm³/mol. The van der Waals surface area contributed by atoms with E-state index in [1.807, 2.05) is 13.8 Å². The van der Waals surface area contributed by atoms with Crippen LogP contribution >= 0.6 is 11.3 Å². The molecule has 14 heavy (non-hydrogen) atoms. The van der Waals surface area contributed by atoms with E-state index in [4.69, 9.17) is 0 Å². The van der Waals surface area contributed by atoms with Crippen LogP contribution in [0.4, 0.5) is 0 Å². The molecule has 0 amide bonds. The van der Waals surface area contributed by atoms with Gasteiger partial charge in [0, 0.05) is 10.8 Å². The summed E-state index contributed by atoms with van der Waals surface area (Å²) in [5.74, 6) is 0.585. The van der Waals surface area contributed by atoms with Gasteiger partial charge in [0.1, 0.15) is 0 Å². The third-order valence-corrected chi connectivity index (χ3v) is 5.58. The van der Waals surface area contributed by atoms with E-state index in [1.54, 1.807) is 11.3 Å². The van der Waals surface area contributed by atoms with Gasteiger partial charge in [-0.15, -0.1) is 11.3 Å². The van der Waals surface area contributed by atoms with Gasteiger partial charge in [-0.2, -0.15) is 0 Å². The van der Waals surface area contributed by atoms with Gasteiger partial charge in [-0.3, -0.25) is 0 Å². The lowest BCUT2D eigenvalue weighted by molar-refractivity contribution is 0.582. The molecule has 2 rings (SSSR count). The highest BCUT2D eigenvalue weighted by Gasteiger charge is 2.28. The molecule has 0 bridgehead atoms. The van der Waals surface area contributed by atoms with Crippen LogP contribution in [0.3, 0.4) is 0 Å². The minimum absolute atomic E-state index is 0.265. The lowest BCUT2D eigenvalue weighted by Crippen LogP contribution is -2.15. The van der Waals surface area contributed by atoms with Crippen LogP contribution in [0.1, 0.15) is 36.1 Å². The minimum atomic E-state index is -3.06. The number of hydrogen-bond acceptors (Lipinski definition) is 4. The van der Waals surface area contributed by atoms with E-state index in [0.717, 1.165) is 22.7 Å². The maximum absolute atomic E-state index is 11.7. The van der Waals surface area contributed by atoms with Crippen LogP contribution in [0.15, 0.2) is 5.03 Å².